The summed E-state index contributed by atoms with van der Waals surface area (Å²) in [5.41, 5.74) is 2.74. The van der Waals surface area contributed by atoms with Crippen molar-refractivity contribution in [3.8, 4) is 0 Å². The molecule has 3 heterocycles. The molecule has 152 valence electrons. The highest BCUT2D eigenvalue weighted by molar-refractivity contribution is 6.31. The molecule has 5 rings (SSSR count). The summed E-state index contributed by atoms with van der Waals surface area (Å²) in [6, 6.07) is 12.0. The van der Waals surface area contributed by atoms with Crippen LogP contribution in [-0.4, -0.2) is 29.0 Å². The monoisotopic (exact) mass is 424 g/mol. The maximum absolute atomic E-state index is 13.3. The van der Waals surface area contributed by atoms with Crippen molar-refractivity contribution in [3.63, 3.8) is 0 Å². The number of amides is 1. The number of hydrogen-bond donors (Lipinski definition) is 1. The quantitative estimate of drug-likeness (QED) is 0.499. The second kappa shape index (κ2) is 7.57. The zero-order valence-electron chi connectivity index (χ0n) is 15.9. The third-order valence-electron chi connectivity index (χ3n) is 5.49. The molecule has 1 amide bonds. The summed E-state index contributed by atoms with van der Waals surface area (Å²) in [5, 5.41) is 3.78. The van der Waals surface area contributed by atoms with Gasteiger partial charge in [-0.1, -0.05) is 23.7 Å². The molecule has 1 aliphatic heterocycles. The van der Waals surface area contributed by atoms with Crippen LogP contribution >= 0.6 is 11.6 Å². The molecule has 0 unspecified atom stereocenters. The van der Waals surface area contributed by atoms with E-state index in [0.717, 1.165) is 22.3 Å². The van der Waals surface area contributed by atoms with Crippen molar-refractivity contribution in [2.45, 2.75) is 12.8 Å². The Kier molecular flexibility index (Phi) is 4.75. The van der Waals surface area contributed by atoms with E-state index in [2.05, 4.69) is 20.2 Å². The van der Waals surface area contributed by atoms with Crippen LogP contribution in [0.1, 0.15) is 12.8 Å². The molecular formula is C22H18ClFN4O2. The molecule has 1 N–H and O–H groups in total. The first-order valence-electron chi connectivity index (χ1n) is 9.73. The average molecular weight is 425 g/mol. The van der Waals surface area contributed by atoms with Crippen LogP contribution in [0.2, 0.25) is 5.02 Å². The number of carbonyl (C=O) groups excluding carboxylic acids is 1. The Morgan fingerprint density at radius 3 is 2.77 bits per heavy atom. The minimum Gasteiger partial charge on any atom is -0.450 e. The molecule has 0 atom stereocenters. The first kappa shape index (κ1) is 18.8. The van der Waals surface area contributed by atoms with Gasteiger partial charge in [-0.25, -0.2) is 14.4 Å². The third-order valence-corrected chi connectivity index (χ3v) is 5.78. The lowest BCUT2D eigenvalue weighted by Crippen LogP contribution is -2.38. The smallest absolute Gasteiger partial charge is 0.227 e. The summed E-state index contributed by atoms with van der Waals surface area (Å²) in [5.74, 6) is 0.0112. The van der Waals surface area contributed by atoms with Gasteiger partial charge in [0.25, 0.3) is 0 Å². The number of nitrogens with one attached hydrogen (secondary N) is 1. The summed E-state index contributed by atoms with van der Waals surface area (Å²) >= 11 is 5.79. The van der Waals surface area contributed by atoms with Crippen molar-refractivity contribution in [1.82, 2.24) is 9.97 Å². The predicted molar refractivity (Wildman–Crippen MR) is 114 cm³/mol. The Labute approximate surface area is 176 Å². The van der Waals surface area contributed by atoms with Crippen LogP contribution in [0, 0.1) is 11.7 Å². The van der Waals surface area contributed by atoms with E-state index in [4.69, 9.17) is 16.0 Å². The number of piperidine rings is 1. The topological polar surface area (TPSA) is 71.3 Å². The van der Waals surface area contributed by atoms with Crippen LogP contribution in [0.15, 0.2) is 53.2 Å². The predicted octanol–water partition coefficient (Wildman–Crippen LogP) is 5.02. The normalized spacial score (nSPS) is 15.1. The number of hydrogen-bond acceptors (Lipinski definition) is 5. The minimum absolute atomic E-state index is 0.0127. The van der Waals surface area contributed by atoms with Crippen LogP contribution in [0.3, 0.4) is 0 Å². The summed E-state index contributed by atoms with van der Waals surface area (Å²) in [6.45, 7) is 1.34. The van der Waals surface area contributed by atoms with Crippen molar-refractivity contribution in [2.24, 2.45) is 5.92 Å². The van der Waals surface area contributed by atoms with Gasteiger partial charge in [-0.15, -0.1) is 0 Å². The molecule has 30 heavy (non-hydrogen) atoms. The molecule has 0 aliphatic carbocycles. The molecule has 0 bridgehead atoms. The van der Waals surface area contributed by atoms with Crippen molar-refractivity contribution in [3.05, 3.63) is 59.6 Å². The largest absolute Gasteiger partial charge is 0.450 e. The van der Waals surface area contributed by atoms with E-state index in [9.17, 15) is 9.18 Å². The molecule has 4 aromatic rings. The summed E-state index contributed by atoms with van der Waals surface area (Å²) in [6.07, 6.45) is 2.90. The maximum Gasteiger partial charge on any atom is 0.227 e. The number of aromatic nitrogens is 2. The van der Waals surface area contributed by atoms with E-state index in [1.165, 1.54) is 18.2 Å². The maximum atomic E-state index is 13.3. The summed E-state index contributed by atoms with van der Waals surface area (Å²) in [4.78, 5) is 23.6. The number of rotatable bonds is 3. The van der Waals surface area contributed by atoms with Gasteiger partial charge in [0.2, 0.25) is 5.91 Å². The van der Waals surface area contributed by atoms with Gasteiger partial charge >= 0.3 is 0 Å². The summed E-state index contributed by atoms with van der Waals surface area (Å²) in [7, 11) is 0. The Morgan fingerprint density at radius 1 is 1.17 bits per heavy atom. The third kappa shape index (κ3) is 3.35. The second-order valence-electron chi connectivity index (χ2n) is 7.35. The lowest BCUT2D eigenvalue weighted by Gasteiger charge is -2.31. The molecule has 0 spiro atoms. The number of para-hydroxylation sites is 1. The molecule has 1 fully saturated rings. The van der Waals surface area contributed by atoms with Gasteiger partial charge in [-0.3, -0.25) is 4.79 Å². The van der Waals surface area contributed by atoms with Crippen LogP contribution in [0.25, 0.3) is 22.1 Å². The highest BCUT2D eigenvalue weighted by Crippen LogP contribution is 2.34. The standard InChI is InChI=1S/C22H18ClFN4O2/c23-16-11-14(5-6-17(16)24)27-22(29)13-7-9-28(10-8-13)21-20-19(25-12-26-21)15-3-1-2-4-18(15)30-20/h1-6,11-13H,7-10H2,(H,27,29). The number of anilines is 2. The molecular weight excluding hydrogens is 407 g/mol. The molecule has 6 nitrogen and oxygen atoms in total. The van der Waals surface area contributed by atoms with Gasteiger partial charge in [0.1, 0.15) is 23.2 Å². The van der Waals surface area contributed by atoms with Gasteiger partial charge in [0.05, 0.1) is 5.02 Å². The van der Waals surface area contributed by atoms with Crippen molar-refractivity contribution >= 4 is 51.1 Å². The van der Waals surface area contributed by atoms with Gasteiger partial charge < -0.3 is 14.6 Å². The van der Waals surface area contributed by atoms with E-state index in [0.29, 0.717) is 37.2 Å². The van der Waals surface area contributed by atoms with E-state index >= 15 is 0 Å². The number of nitrogens with zero attached hydrogens (tertiary/aromatic N) is 3. The number of halogens is 2. The molecule has 8 heteroatoms. The summed E-state index contributed by atoms with van der Waals surface area (Å²) < 4.78 is 19.3. The Bertz CT molecular complexity index is 1250. The number of benzene rings is 2. The van der Waals surface area contributed by atoms with Crippen molar-refractivity contribution < 1.29 is 13.6 Å². The van der Waals surface area contributed by atoms with Gasteiger partial charge in [0.15, 0.2) is 11.4 Å². The zero-order chi connectivity index (χ0) is 20.7. The lowest BCUT2D eigenvalue weighted by molar-refractivity contribution is -0.120. The van der Waals surface area contributed by atoms with Crippen molar-refractivity contribution in [2.75, 3.05) is 23.3 Å². The second-order valence-corrected chi connectivity index (χ2v) is 7.76. The molecule has 0 saturated carbocycles. The molecule has 1 aliphatic rings. The highest BCUT2D eigenvalue weighted by atomic mass is 35.5. The fourth-order valence-corrected chi connectivity index (χ4v) is 4.09. The van der Waals surface area contributed by atoms with Crippen LogP contribution in [0.5, 0.6) is 0 Å². The van der Waals surface area contributed by atoms with Gasteiger partial charge in [-0.05, 0) is 43.2 Å². The fourth-order valence-electron chi connectivity index (χ4n) is 3.91. The Hall–Kier alpha value is -3.19. The average Bonchev–Trinajstić information content (AvgIpc) is 3.15. The number of carbonyl (C=O) groups is 1. The highest BCUT2D eigenvalue weighted by Gasteiger charge is 2.28. The van der Waals surface area contributed by atoms with Gasteiger partial charge in [0, 0.05) is 30.1 Å². The molecule has 0 radical (unpaired) electrons. The van der Waals surface area contributed by atoms with E-state index < -0.39 is 5.82 Å². The Balaban J connectivity index is 1.31. The molecule has 1 saturated heterocycles. The molecule has 2 aromatic carbocycles. The molecule has 2 aromatic heterocycles. The zero-order valence-corrected chi connectivity index (χ0v) is 16.7. The SMILES string of the molecule is O=C(Nc1ccc(F)c(Cl)c1)C1CCN(c2ncnc3c2oc2ccccc23)CC1. The first-order valence-corrected chi connectivity index (χ1v) is 10.1. The Morgan fingerprint density at radius 2 is 1.97 bits per heavy atom. The number of fused-ring (bicyclic) bond motifs is 3. The fraction of sp³-hybridized carbons (Fsp3) is 0.227. The van der Waals surface area contributed by atoms with E-state index in [-0.39, 0.29) is 16.8 Å². The van der Waals surface area contributed by atoms with Crippen LogP contribution < -0.4 is 10.2 Å². The van der Waals surface area contributed by atoms with E-state index in [1.807, 2.05) is 24.3 Å². The van der Waals surface area contributed by atoms with Gasteiger partial charge in [-0.2, -0.15) is 0 Å². The number of furan rings is 1. The van der Waals surface area contributed by atoms with Crippen LogP contribution in [-0.2, 0) is 4.79 Å². The first-order chi connectivity index (χ1) is 14.6. The minimum atomic E-state index is -0.510. The van der Waals surface area contributed by atoms with Crippen LogP contribution in [0.4, 0.5) is 15.9 Å². The van der Waals surface area contributed by atoms with Crippen molar-refractivity contribution in [1.29, 1.82) is 0 Å². The lowest BCUT2D eigenvalue weighted by atomic mass is 9.95. The van der Waals surface area contributed by atoms with E-state index in [1.54, 1.807) is 6.33 Å².